The number of hydrogen-bond donors (Lipinski definition) is 2. The Labute approximate surface area is 124 Å². The van der Waals surface area contributed by atoms with Gasteiger partial charge in [0.1, 0.15) is 12.7 Å². The van der Waals surface area contributed by atoms with E-state index in [-0.39, 0.29) is 12.0 Å². The molecular formula is C13H22N8. The van der Waals surface area contributed by atoms with Gasteiger partial charge in [-0.2, -0.15) is 24.7 Å². The van der Waals surface area contributed by atoms with Crippen molar-refractivity contribution in [1.82, 2.24) is 29.7 Å². The van der Waals surface area contributed by atoms with Crippen molar-refractivity contribution in [2.75, 3.05) is 11.1 Å². The Hall–Kier alpha value is -2.25. The second-order valence-corrected chi connectivity index (χ2v) is 5.53. The molecular weight excluding hydrogens is 268 g/mol. The number of nitrogens with zero attached hydrogens (tertiary/aromatic N) is 6. The molecule has 8 heteroatoms. The van der Waals surface area contributed by atoms with E-state index in [2.05, 4.69) is 51.1 Å². The molecule has 2 heterocycles. The van der Waals surface area contributed by atoms with Gasteiger partial charge in [0.05, 0.1) is 0 Å². The zero-order valence-corrected chi connectivity index (χ0v) is 12.7. The molecule has 0 bridgehead atoms. The van der Waals surface area contributed by atoms with E-state index in [1.54, 1.807) is 0 Å². The summed E-state index contributed by atoms with van der Waals surface area (Å²) in [6.07, 6.45) is 6.38. The molecule has 0 saturated heterocycles. The zero-order valence-electron chi connectivity index (χ0n) is 12.7. The highest BCUT2D eigenvalue weighted by molar-refractivity contribution is 5.35. The summed E-state index contributed by atoms with van der Waals surface area (Å²) in [4.78, 5) is 16.3. The Balaban J connectivity index is 2.00. The molecule has 0 fully saturated rings. The van der Waals surface area contributed by atoms with E-state index in [0.717, 1.165) is 12.3 Å². The van der Waals surface area contributed by atoms with Crippen LogP contribution < -0.4 is 11.1 Å². The molecule has 0 saturated carbocycles. The number of nitrogen functional groups attached to an aromatic ring is 1. The van der Waals surface area contributed by atoms with Crippen LogP contribution in [0.2, 0.25) is 0 Å². The van der Waals surface area contributed by atoms with E-state index in [1.165, 1.54) is 30.2 Å². The van der Waals surface area contributed by atoms with Crippen LogP contribution in [-0.4, -0.2) is 35.8 Å². The molecule has 1 atom stereocenters. The van der Waals surface area contributed by atoms with Crippen molar-refractivity contribution in [3.63, 3.8) is 0 Å². The molecule has 0 aliphatic rings. The van der Waals surface area contributed by atoms with Crippen LogP contribution in [0.25, 0.3) is 5.95 Å². The quantitative estimate of drug-likeness (QED) is 0.798. The standard InChI is InChI=1S/C13H22N8/c1-9(2)5-4-6-10(3)17-12-18-11(14)19-13(20-12)21-8-15-7-16-21/h7-10H,4-6H2,1-3H3,(H3,14,17,18,19,20). The lowest BCUT2D eigenvalue weighted by molar-refractivity contribution is 0.519. The molecule has 0 aliphatic heterocycles. The third-order valence-electron chi connectivity index (χ3n) is 3.06. The Bertz CT molecular complexity index is 551. The Morgan fingerprint density at radius 3 is 2.67 bits per heavy atom. The molecule has 0 spiro atoms. The van der Waals surface area contributed by atoms with Gasteiger partial charge in [0.15, 0.2) is 0 Å². The number of nitrogens with two attached hydrogens (primary N) is 1. The minimum atomic E-state index is 0.160. The number of rotatable bonds is 7. The first-order chi connectivity index (χ1) is 10.0. The third kappa shape index (κ3) is 4.66. The largest absolute Gasteiger partial charge is 0.368 e. The van der Waals surface area contributed by atoms with Gasteiger partial charge in [0.2, 0.25) is 11.9 Å². The Kier molecular flexibility index (Phi) is 5.02. The zero-order chi connectivity index (χ0) is 15.2. The summed E-state index contributed by atoms with van der Waals surface area (Å²) in [6.45, 7) is 6.57. The van der Waals surface area contributed by atoms with Crippen molar-refractivity contribution < 1.29 is 0 Å². The van der Waals surface area contributed by atoms with Crippen molar-refractivity contribution >= 4 is 11.9 Å². The number of hydrogen-bond acceptors (Lipinski definition) is 7. The van der Waals surface area contributed by atoms with Crippen LogP contribution in [0.3, 0.4) is 0 Å². The molecule has 3 N–H and O–H groups in total. The van der Waals surface area contributed by atoms with Crippen LogP contribution in [0.5, 0.6) is 0 Å². The van der Waals surface area contributed by atoms with Crippen molar-refractivity contribution in [3.8, 4) is 5.95 Å². The van der Waals surface area contributed by atoms with Crippen molar-refractivity contribution in [3.05, 3.63) is 12.7 Å². The normalized spacial score (nSPS) is 12.6. The maximum atomic E-state index is 5.72. The van der Waals surface area contributed by atoms with Crippen molar-refractivity contribution in [1.29, 1.82) is 0 Å². The van der Waals surface area contributed by atoms with Crippen LogP contribution in [-0.2, 0) is 0 Å². The highest BCUT2D eigenvalue weighted by Crippen LogP contribution is 2.12. The van der Waals surface area contributed by atoms with Gasteiger partial charge in [0.25, 0.3) is 5.95 Å². The maximum Gasteiger partial charge on any atom is 0.258 e. The van der Waals surface area contributed by atoms with E-state index in [9.17, 15) is 0 Å². The van der Waals surface area contributed by atoms with Crippen LogP contribution in [0.1, 0.15) is 40.0 Å². The lowest BCUT2D eigenvalue weighted by Gasteiger charge is -2.14. The van der Waals surface area contributed by atoms with Crippen LogP contribution in [0.4, 0.5) is 11.9 Å². The molecule has 0 aliphatic carbocycles. The molecule has 2 aromatic heterocycles. The summed E-state index contributed by atoms with van der Waals surface area (Å²) in [7, 11) is 0. The minimum Gasteiger partial charge on any atom is -0.368 e. The van der Waals surface area contributed by atoms with Crippen LogP contribution in [0.15, 0.2) is 12.7 Å². The fourth-order valence-corrected chi connectivity index (χ4v) is 1.98. The van der Waals surface area contributed by atoms with E-state index in [1.807, 2.05) is 0 Å². The minimum absolute atomic E-state index is 0.160. The van der Waals surface area contributed by atoms with E-state index in [0.29, 0.717) is 11.9 Å². The van der Waals surface area contributed by atoms with Gasteiger partial charge in [-0.25, -0.2) is 4.98 Å². The Morgan fingerprint density at radius 1 is 1.19 bits per heavy atom. The number of aromatic nitrogens is 6. The fourth-order valence-electron chi connectivity index (χ4n) is 1.98. The van der Waals surface area contributed by atoms with Gasteiger partial charge in [-0.1, -0.05) is 26.7 Å². The SMILES string of the molecule is CC(C)CCCC(C)Nc1nc(N)nc(-n2cncn2)n1. The van der Waals surface area contributed by atoms with E-state index < -0.39 is 0 Å². The summed E-state index contributed by atoms with van der Waals surface area (Å²) in [6, 6.07) is 0.272. The average Bonchev–Trinajstić information content (AvgIpc) is 2.91. The van der Waals surface area contributed by atoms with E-state index >= 15 is 0 Å². The molecule has 21 heavy (non-hydrogen) atoms. The average molecular weight is 290 g/mol. The molecule has 0 aromatic carbocycles. The molecule has 114 valence electrons. The molecule has 8 nitrogen and oxygen atoms in total. The highest BCUT2D eigenvalue weighted by Gasteiger charge is 2.09. The first-order valence-electron chi connectivity index (χ1n) is 7.17. The number of nitrogens with one attached hydrogen (secondary N) is 1. The molecule has 2 rings (SSSR count). The first-order valence-corrected chi connectivity index (χ1v) is 7.17. The topological polar surface area (TPSA) is 107 Å². The van der Waals surface area contributed by atoms with E-state index in [4.69, 9.17) is 5.73 Å². The fraction of sp³-hybridized carbons (Fsp3) is 0.615. The molecule has 0 radical (unpaired) electrons. The third-order valence-corrected chi connectivity index (χ3v) is 3.06. The first kappa shape index (κ1) is 15.1. The monoisotopic (exact) mass is 290 g/mol. The van der Waals surface area contributed by atoms with Gasteiger partial charge in [-0.15, -0.1) is 0 Å². The van der Waals surface area contributed by atoms with Gasteiger partial charge >= 0.3 is 0 Å². The highest BCUT2D eigenvalue weighted by atomic mass is 15.4. The second kappa shape index (κ2) is 6.96. The summed E-state index contributed by atoms with van der Waals surface area (Å²) >= 11 is 0. The molecule has 2 aromatic rings. The molecule has 0 amide bonds. The maximum absolute atomic E-state index is 5.72. The predicted molar refractivity (Wildman–Crippen MR) is 80.9 cm³/mol. The number of anilines is 2. The van der Waals surface area contributed by atoms with Crippen molar-refractivity contribution in [2.45, 2.75) is 46.1 Å². The van der Waals surface area contributed by atoms with Gasteiger partial charge in [-0.05, 0) is 19.3 Å². The summed E-state index contributed by atoms with van der Waals surface area (Å²) < 4.78 is 1.45. The summed E-state index contributed by atoms with van der Waals surface area (Å²) in [5, 5.41) is 7.24. The van der Waals surface area contributed by atoms with Gasteiger partial charge in [0, 0.05) is 6.04 Å². The summed E-state index contributed by atoms with van der Waals surface area (Å²) in [5.41, 5.74) is 5.72. The van der Waals surface area contributed by atoms with Crippen LogP contribution in [0, 0.1) is 5.92 Å². The van der Waals surface area contributed by atoms with Crippen LogP contribution >= 0.6 is 0 Å². The van der Waals surface area contributed by atoms with Gasteiger partial charge < -0.3 is 11.1 Å². The Morgan fingerprint density at radius 2 is 2.00 bits per heavy atom. The lowest BCUT2D eigenvalue weighted by atomic mass is 10.0. The molecule has 1 unspecified atom stereocenters. The predicted octanol–water partition coefficient (Wildman–Crippen LogP) is 1.66. The summed E-state index contributed by atoms with van der Waals surface area (Å²) in [5.74, 6) is 1.71. The second-order valence-electron chi connectivity index (χ2n) is 5.53. The van der Waals surface area contributed by atoms with Gasteiger partial charge in [-0.3, -0.25) is 0 Å². The lowest BCUT2D eigenvalue weighted by Crippen LogP contribution is -2.19. The smallest absolute Gasteiger partial charge is 0.258 e. The van der Waals surface area contributed by atoms with Crippen molar-refractivity contribution in [2.24, 2.45) is 5.92 Å².